The molecule has 4 heteroatoms. The summed E-state index contributed by atoms with van der Waals surface area (Å²) in [6.07, 6.45) is 0. The van der Waals surface area contributed by atoms with Crippen LogP contribution in [-0.2, 0) is 0 Å². The smallest absolute Gasteiger partial charge is 0.151 e. The van der Waals surface area contributed by atoms with Crippen LogP contribution in [0.4, 0.5) is 17.1 Å². The number of hydrogen-bond donors (Lipinski definition) is 0. The van der Waals surface area contributed by atoms with Crippen molar-refractivity contribution in [2.45, 2.75) is 0 Å². The molecular formula is C20H11N3O. The normalized spacial score (nSPS) is 11.5. The van der Waals surface area contributed by atoms with Gasteiger partial charge in [-0.2, -0.15) is 10.5 Å². The van der Waals surface area contributed by atoms with E-state index in [-0.39, 0.29) is 0 Å². The van der Waals surface area contributed by atoms with E-state index in [4.69, 9.17) is 4.74 Å². The molecule has 0 unspecified atom stereocenters. The summed E-state index contributed by atoms with van der Waals surface area (Å²) in [4.78, 5) is 2.01. The van der Waals surface area contributed by atoms with E-state index >= 15 is 0 Å². The molecule has 0 saturated heterocycles. The van der Waals surface area contributed by atoms with Crippen LogP contribution in [0.25, 0.3) is 0 Å². The van der Waals surface area contributed by atoms with Gasteiger partial charge >= 0.3 is 0 Å². The van der Waals surface area contributed by atoms with Crippen molar-refractivity contribution >= 4 is 17.1 Å². The number of nitriles is 2. The Hall–Kier alpha value is -3.76. The van der Waals surface area contributed by atoms with E-state index in [1.807, 2.05) is 53.4 Å². The van der Waals surface area contributed by atoms with Crippen molar-refractivity contribution in [1.82, 2.24) is 0 Å². The molecule has 1 aliphatic rings. The zero-order valence-electron chi connectivity index (χ0n) is 12.6. The summed E-state index contributed by atoms with van der Waals surface area (Å²) < 4.78 is 5.97. The molecule has 3 aromatic rings. The minimum atomic E-state index is 0.450. The van der Waals surface area contributed by atoms with E-state index in [2.05, 4.69) is 12.1 Å². The third-order valence-electron chi connectivity index (χ3n) is 3.87. The average molecular weight is 309 g/mol. The van der Waals surface area contributed by atoms with Crippen molar-refractivity contribution in [3.05, 3.63) is 77.9 Å². The number of fused-ring (bicyclic) bond motifs is 2. The van der Waals surface area contributed by atoms with Crippen molar-refractivity contribution in [3.8, 4) is 23.6 Å². The summed E-state index contributed by atoms with van der Waals surface area (Å²) in [7, 11) is 0. The lowest BCUT2D eigenvalue weighted by Crippen LogP contribution is -2.15. The second-order valence-corrected chi connectivity index (χ2v) is 5.37. The standard InChI is InChI=1S/C20H11N3O/c21-12-14-9-15(13-22)11-16(10-14)23-17-5-1-3-7-19(17)24-20-8-4-2-6-18(20)23/h1-11H. The fourth-order valence-electron chi connectivity index (χ4n) is 2.85. The highest BCUT2D eigenvalue weighted by Gasteiger charge is 2.25. The lowest BCUT2D eigenvalue weighted by Gasteiger charge is -2.32. The van der Waals surface area contributed by atoms with E-state index in [1.54, 1.807) is 18.2 Å². The van der Waals surface area contributed by atoms with Gasteiger partial charge in [0.2, 0.25) is 0 Å². The van der Waals surface area contributed by atoms with Gasteiger partial charge in [0.15, 0.2) is 11.5 Å². The number of rotatable bonds is 1. The second-order valence-electron chi connectivity index (χ2n) is 5.37. The van der Waals surface area contributed by atoms with Crippen molar-refractivity contribution < 1.29 is 4.74 Å². The van der Waals surface area contributed by atoms with Gasteiger partial charge in [-0.05, 0) is 42.5 Å². The maximum atomic E-state index is 9.27. The third kappa shape index (κ3) is 2.15. The van der Waals surface area contributed by atoms with Gasteiger partial charge in [0.05, 0.1) is 34.6 Å². The highest BCUT2D eigenvalue weighted by Crippen LogP contribution is 2.50. The van der Waals surface area contributed by atoms with E-state index in [0.717, 1.165) is 28.6 Å². The molecule has 1 aliphatic heterocycles. The van der Waals surface area contributed by atoms with Gasteiger partial charge in [0, 0.05) is 5.69 Å². The average Bonchev–Trinajstić information content (AvgIpc) is 2.65. The zero-order valence-corrected chi connectivity index (χ0v) is 12.6. The molecule has 0 radical (unpaired) electrons. The van der Waals surface area contributed by atoms with Crippen molar-refractivity contribution in [1.29, 1.82) is 10.5 Å². The molecule has 0 aliphatic carbocycles. The maximum absolute atomic E-state index is 9.27. The lowest BCUT2D eigenvalue weighted by atomic mass is 10.1. The van der Waals surface area contributed by atoms with Crippen LogP contribution in [0.5, 0.6) is 11.5 Å². The summed E-state index contributed by atoms with van der Waals surface area (Å²) in [6.45, 7) is 0. The first-order valence-electron chi connectivity index (χ1n) is 7.41. The van der Waals surface area contributed by atoms with E-state index < -0.39 is 0 Å². The fraction of sp³-hybridized carbons (Fsp3) is 0. The molecule has 112 valence electrons. The van der Waals surface area contributed by atoms with Crippen LogP contribution in [0.1, 0.15) is 11.1 Å². The van der Waals surface area contributed by atoms with Crippen molar-refractivity contribution in [2.75, 3.05) is 4.90 Å². The number of nitrogens with zero attached hydrogens (tertiary/aromatic N) is 3. The van der Waals surface area contributed by atoms with E-state index in [0.29, 0.717) is 11.1 Å². The molecule has 0 spiro atoms. The van der Waals surface area contributed by atoms with Gasteiger partial charge < -0.3 is 9.64 Å². The lowest BCUT2D eigenvalue weighted by molar-refractivity contribution is 0.477. The molecule has 0 N–H and O–H groups in total. The first kappa shape index (κ1) is 13.9. The van der Waals surface area contributed by atoms with E-state index in [1.165, 1.54) is 0 Å². The monoisotopic (exact) mass is 309 g/mol. The van der Waals surface area contributed by atoms with Crippen LogP contribution in [0.3, 0.4) is 0 Å². The van der Waals surface area contributed by atoms with Crippen LogP contribution in [-0.4, -0.2) is 0 Å². The Morgan fingerprint density at radius 2 is 1.21 bits per heavy atom. The first-order chi connectivity index (χ1) is 11.8. The van der Waals surface area contributed by atoms with Gasteiger partial charge in [0.1, 0.15) is 0 Å². The fourth-order valence-corrected chi connectivity index (χ4v) is 2.85. The van der Waals surface area contributed by atoms with Crippen LogP contribution in [0.15, 0.2) is 66.7 Å². The highest BCUT2D eigenvalue weighted by atomic mass is 16.5. The Kier molecular flexibility index (Phi) is 3.16. The molecule has 24 heavy (non-hydrogen) atoms. The summed E-state index contributed by atoms with van der Waals surface area (Å²) in [5.41, 5.74) is 3.40. The Bertz CT molecular complexity index is 950. The predicted octanol–water partition coefficient (Wildman–Crippen LogP) is 5.01. The van der Waals surface area contributed by atoms with Crippen LogP contribution in [0, 0.1) is 22.7 Å². The third-order valence-corrected chi connectivity index (χ3v) is 3.87. The summed E-state index contributed by atoms with van der Waals surface area (Å²) in [5, 5.41) is 18.5. The Morgan fingerprint density at radius 3 is 1.71 bits per heavy atom. The molecule has 4 rings (SSSR count). The van der Waals surface area contributed by atoms with Gasteiger partial charge in [-0.15, -0.1) is 0 Å². The molecule has 0 fully saturated rings. The van der Waals surface area contributed by atoms with Gasteiger partial charge in [-0.25, -0.2) is 0 Å². The molecule has 0 atom stereocenters. The van der Waals surface area contributed by atoms with Crippen molar-refractivity contribution in [3.63, 3.8) is 0 Å². The largest absolute Gasteiger partial charge is 0.453 e. The number of benzene rings is 3. The minimum absolute atomic E-state index is 0.450. The Balaban J connectivity index is 1.99. The van der Waals surface area contributed by atoms with Crippen LogP contribution >= 0.6 is 0 Å². The van der Waals surface area contributed by atoms with Gasteiger partial charge in [-0.3, -0.25) is 0 Å². The predicted molar refractivity (Wildman–Crippen MR) is 90.6 cm³/mol. The number of ether oxygens (including phenoxy) is 1. The maximum Gasteiger partial charge on any atom is 0.151 e. The molecule has 0 bridgehead atoms. The first-order valence-corrected chi connectivity index (χ1v) is 7.41. The molecule has 4 nitrogen and oxygen atoms in total. The number of hydrogen-bond acceptors (Lipinski definition) is 4. The molecule has 3 aromatic carbocycles. The SMILES string of the molecule is N#Cc1cc(C#N)cc(N2c3ccccc3Oc3ccccc32)c1. The Labute approximate surface area is 139 Å². The molecule has 0 amide bonds. The molecular weight excluding hydrogens is 298 g/mol. The van der Waals surface area contributed by atoms with Crippen LogP contribution in [0.2, 0.25) is 0 Å². The van der Waals surface area contributed by atoms with Crippen LogP contribution < -0.4 is 9.64 Å². The van der Waals surface area contributed by atoms with Gasteiger partial charge in [-0.1, -0.05) is 24.3 Å². The highest BCUT2D eigenvalue weighted by molar-refractivity contribution is 5.86. The zero-order chi connectivity index (χ0) is 16.5. The minimum Gasteiger partial charge on any atom is -0.453 e. The molecule has 0 saturated carbocycles. The summed E-state index contributed by atoms with van der Waals surface area (Å²) >= 11 is 0. The van der Waals surface area contributed by atoms with Crippen molar-refractivity contribution in [2.24, 2.45) is 0 Å². The van der Waals surface area contributed by atoms with E-state index in [9.17, 15) is 10.5 Å². The second kappa shape index (κ2) is 5.46. The van der Waals surface area contributed by atoms with Gasteiger partial charge in [0.25, 0.3) is 0 Å². The summed E-state index contributed by atoms with van der Waals surface area (Å²) in [5.74, 6) is 1.47. The Morgan fingerprint density at radius 1 is 0.708 bits per heavy atom. The number of anilines is 3. The number of para-hydroxylation sites is 4. The molecule has 0 aromatic heterocycles. The molecule has 1 heterocycles. The quantitative estimate of drug-likeness (QED) is 0.496. The topological polar surface area (TPSA) is 60.0 Å². The summed E-state index contributed by atoms with van der Waals surface area (Å²) in [6, 6.07) is 24.8.